The summed E-state index contributed by atoms with van der Waals surface area (Å²) in [5, 5.41) is 2.84. The summed E-state index contributed by atoms with van der Waals surface area (Å²) in [5.41, 5.74) is -0.967. The molecule has 2 rings (SSSR count). The lowest BCUT2D eigenvalue weighted by atomic mass is 10.1. The van der Waals surface area contributed by atoms with Crippen LogP contribution in [0.25, 0.3) is 0 Å². The van der Waals surface area contributed by atoms with Crippen LogP contribution in [0, 0.1) is 0 Å². The van der Waals surface area contributed by atoms with Gasteiger partial charge in [-0.15, -0.1) is 0 Å². The fourth-order valence-corrected chi connectivity index (χ4v) is 4.82. The zero-order chi connectivity index (χ0) is 11.3. The molecule has 2 atom stereocenters. The average Bonchev–Trinajstić information content (AvgIpc) is 2.53. The molecule has 4 nitrogen and oxygen atoms in total. The molecular formula is C10H19NO3S. The van der Waals surface area contributed by atoms with Crippen molar-refractivity contribution in [3.8, 4) is 0 Å². The minimum Gasteiger partial charge on any atom is -0.352 e. The van der Waals surface area contributed by atoms with Crippen LogP contribution >= 0.6 is 0 Å². The van der Waals surface area contributed by atoms with E-state index in [1.54, 1.807) is 0 Å². The van der Waals surface area contributed by atoms with E-state index in [4.69, 9.17) is 4.74 Å². The molecule has 2 aliphatic heterocycles. The molecule has 0 aromatic carbocycles. The Hall–Kier alpha value is -0.130. The molecule has 0 bridgehead atoms. The van der Waals surface area contributed by atoms with Crippen molar-refractivity contribution in [2.24, 2.45) is 0 Å². The normalized spacial score (nSPS) is 43.3. The van der Waals surface area contributed by atoms with E-state index in [0.29, 0.717) is 18.7 Å². The van der Waals surface area contributed by atoms with Crippen molar-refractivity contribution in [3.63, 3.8) is 0 Å². The van der Waals surface area contributed by atoms with E-state index in [-0.39, 0.29) is 10.9 Å². The first-order valence-electron chi connectivity index (χ1n) is 5.42. The number of nitrogens with one attached hydrogen (secondary N) is 1. The molecule has 0 radical (unpaired) electrons. The molecule has 2 unspecified atom stereocenters. The summed E-state index contributed by atoms with van der Waals surface area (Å²) in [4.78, 5) is 0. The van der Waals surface area contributed by atoms with Crippen LogP contribution in [0.15, 0.2) is 0 Å². The third-order valence-electron chi connectivity index (χ3n) is 3.30. The van der Waals surface area contributed by atoms with Gasteiger partial charge < -0.3 is 4.74 Å². The second-order valence-corrected chi connectivity index (χ2v) is 7.62. The molecule has 0 saturated carbocycles. The fraction of sp³-hybridized carbons (Fsp3) is 1.00. The lowest BCUT2D eigenvalue weighted by molar-refractivity contribution is -0.0807. The quantitative estimate of drug-likeness (QED) is 0.723. The van der Waals surface area contributed by atoms with Crippen molar-refractivity contribution in [3.05, 3.63) is 0 Å². The van der Waals surface area contributed by atoms with Crippen LogP contribution in [-0.2, 0) is 14.6 Å². The number of ether oxygens (including phenoxy) is 1. The smallest absolute Gasteiger partial charge is 0.157 e. The van der Waals surface area contributed by atoms with E-state index in [1.807, 2.05) is 20.8 Å². The fourth-order valence-electron chi connectivity index (χ4n) is 2.62. The van der Waals surface area contributed by atoms with Crippen LogP contribution < -0.4 is 5.32 Å². The van der Waals surface area contributed by atoms with Crippen molar-refractivity contribution in [2.45, 2.75) is 50.2 Å². The van der Waals surface area contributed by atoms with E-state index in [2.05, 4.69) is 5.32 Å². The molecule has 5 heteroatoms. The maximum atomic E-state index is 11.8. The zero-order valence-corrected chi connectivity index (χ0v) is 10.4. The van der Waals surface area contributed by atoms with Gasteiger partial charge in [0.2, 0.25) is 0 Å². The summed E-state index contributed by atoms with van der Waals surface area (Å²) in [6.45, 7) is 6.52. The van der Waals surface area contributed by atoms with Gasteiger partial charge in [0.05, 0.1) is 11.4 Å². The standard InChI is InChI=1S/C10H19NO3S/c1-9(2)7-11-10(3,14-9)8-5-4-6-15(8,12)13/h8,11H,4-7H2,1-3H3. The summed E-state index contributed by atoms with van der Waals surface area (Å²) in [6, 6.07) is 0. The Labute approximate surface area is 91.3 Å². The van der Waals surface area contributed by atoms with Crippen LogP contribution in [0.5, 0.6) is 0 Å². The van der Waals surface area contributed by atoms with Gasteiger partial charge in [-0.2, -0.15) is 0 Å². The molecular weight excluding hydrogens is 214 g/mol. The lowest BCUT2D eigenvalue weighted by Crippen LogP contribution is -2.51. The first-order valence-corrected chi connectivity index (χ1v) is 7.14. The molecule has 0 aromatic rings. The predicted octanol–water partition coefficient (Wildman–Crippen LogP) is 0.678. The van der Waals surface area contributed by atoms with Gasteiger partial charge in [0.25, 0.3) is 0 Å². The third kappa shape index (κ3) is 1.92. The molecule has 2 saturated heterocycles. The van der Waals surface area contributed by atoms with Crippen LogP contribution in [0.4, 0.5) is 0 Å². The highest BCUT2D eigenvalue weighted by Crippen LogP contribution is 2.36. The van der Waals surface area contributed by atoms with Crippen LogP contribution in [0.3, 0.4) is 0 Å². The summed E-state index contributed by atoms with van der Waals surface area (Å²) >= 11 is 0. The molecule has 2 aliphatic rings. The first-order chi connectivity index (χ1) is 6.75. The summed E-state index contributed by atoms with van der Waals surface area (Å²) in [5.74, 6) is 0.304. The first kappa shape index (κ1) is 11.4. The van der Waals surface area contributed by atoms with Gasteiger partial charge in [-0.05, 0) is 33.6 Å². The van der Waals surface area contributed by atoms with E-state index in [0.717, 1.165) is 6.42 Å². The Balaban J connectivity index is 2.25. The summed E-state index contributed by atoms with van der Waals surface area (Å²) in [6.07, 6.45) is 1.47. The molecule has 0 spiro atoms. The summed E-state index contributed by atoms with van der Waals surface area (Å²) < 4.78 is 29.6. The number of sulfone groups is 1. The second kappa shape index (κ2) is 3.18. The molecule has 0 aliphatic carbocycles. The highest BCUT2D eigenvalue weighted by Gasteiger charge is 2.52. The van der Waals surface area contributed by atoms with Crippen LogP contribution in [-0.4, -0.2) is 37.3 Å². The van der Waals surface area contributed by atoms with Crippen LogP contribution in [0.2, 0.25) is 0 Å². The molecule has 0 amide bonds. The zero-order valence-electron chi connectivity index (χ0n) is 9.54. The molecule has 15 heavy (non-hydrogen) atoms. The minimum atomic E-state index is -2.97. The SMILES string of the molecule is CC1(C)CNC(C)(C2CCCS2(=O)=O)O1. The van der Waals surface area contributed by atoms with Crippen molar-refractivity contribution < 1.29 is 13.2 Å². The maximum Gasteiger partial charge on any atom is 0.157 e. The van der Waals surface area contributed by atoms with Gasteiger partial charge in [-0.1, -0.05) is 0 Å². The average molecular weight is 233 g/mol. The highest BCUT2D eigenvalue weighted by molar-refractivity contribution is 7.92. The van der Waals surface area contributed by atoms with E-state index in [9.17, 15) is 8.42 Å². The van der Waals surface area contributed by atoms with Crippen molar-refractivity contribution in [1.82, 2.24) is 5.32 Å². The van der Waals surface area contributed by atoms with Crippen molar-refractivity contribution in [1.29, 1.82) is 0 Å². The minimum absolute atomic E-state index is 0.271. The monoisotopic (exact) mass is 233 g/mol. The van der Waals surface area contributed by atoms with E-state index < -0.39 is 15.6 Å². The lowest BCUT2D eigenvalue weighted by Gasteiger charge is -2.31. The third-order valence-corrected chi connectivity index (χ3v) is 5.71. The Kier molecular flexibility index (Phi) is 2.41. The number of hydrogen-bond donors (Lipinski definition) is 1. The van der Waals surface area contributed by atoms with E-state index >= 15 is 0 Å². The van der Waals surface area contributed by atoms with Gasteiger partial charge in [0.1, 0.15) is 11.0 Å². The molecule has 88 valence electrons. The number of hydrogen-bond acceptors (Lipinski definition) is 4. The molecule has 2 heterocycles. The van der Waals surface area contributed by atoms with Crippen molar-refractivity contribution in [2.75, 3.05) is 12.3 Å². The summed E-state index contributed by atoms with van der Waals surface area (Å²) in [7, 11) is -2.97. The second-order valence-electron chi connectivity index (χ2n) is 5.32. The highest BCUT2D eigenvalue weighted by atomic mass is 32.2. The Morgan fingerprint density at radius 2 is 2.00 bits per heavy atom. The number of rotatable bonds is 1. The Bertz CT molecular complexity index is 363. The molecule has 1 N–H and O–H groups in total. The van der Waals surface area contributed by atoms with Gasteiger partial charge in [-0.3, -0.25) is 5.32 Å². The Morgan fingerprint density at radius 3 is 2.40 bits per heavy atom. The van der Waals surface area contributed by atoms with E-state index in [1.165, 1.54) is 0 Å². The molecule has 2 fully saturated rings. The predicted molar refractivity (Wildman–Crippen MR) is 58.4 cm³/mol. The molecule has 0 aromatic heterocycles. The van der Waals surface area contributed by atoms with Crippen molar-refractivity contribution >= 4 is 9.84 Å². The van der Waals surface area contributed by atoms with Gasteiger partial charge >= 0.3 is 0 Å². The van der Waals surface area contributed by atoms with Gasteiger partial charge in [-0.25, -0.2) is 8.42 Å². The van der Waals surface area contributed by atoms with Gasteiger partial charge in [0.15, 0.2) is 9.84 Å². The maximum absolute atomic E-state index is 11.8. The largest absolute Gasteiger partial charge is 0.352 e. The van der Waals surface area contributed by atoms with Gasteiger partial charge in [0, 0.05) is 6.54 Å². The topological polar surface area (TPSA) is 55.4 Å². The van der Waals surface area contributed by atoms with Crippen LogP contribution in [0.1, 0.15) is 33.6 Å². The Morgan fingerprint density at radius 1 is 1.33 bits per heavy atom.